The van der Waals surface area contributed by atoms with Gasteiger partial charge in [0.05, 0.1) is 24.9 Å². The van der Waals surface area contributed by atoms with Crippen LogP contribution in [0.2, 0.25) is 0 Å². The van der Waals surface area contributed by atoms with Crippen molar-refractivity contribution in [3.8, 4) is 5.75 Å². The second-order valence-electron chi connectivity index (χ2n) is 4.41. The molecule has 0 radical (unpaired) electrons. The lowest BCUT2D eigenvalue weighted by Crippen LogP contribution is -2.34. The van der Waals surface area contributed by atoms with Gasteiger partial charge in [0, 0.05) is 31.1 Å². The number of nitrogens with two attached hydrogens (primary N) is 1. The fourth-order valence-electron chi connectivity index (χ4n) is 2.13. The molecule has 0 unspecified atom stereocenters. The van der Waals surface area contributed by atoms with Gasteiger partial charge >= 0.3 is 5.97 Å². The molecule has 0 saturated carbocycles. The molecule has 0 fully saturated rings. The number of Topliss-reactive ketones (excluding diaryl/α,β-unsaturated/α-hetero) is 1. The lowest BCUT2D eigenvalue weighted by atomic mass is 9.99. The van der Waals surface area contributed by atoms with Gasteiger partial charge in [-0.3, -0.25) is 9.59 Å². The van der Waals surface area contributed by atoms with E-state index in [0.717, 1.165) is 0 Å². The van der Waals surface area contributed by atoms with Gasteiger partial charge in [-0.15, -0.1) is 0 Å². The maximum absolute atomic E-state index is 11.8. The van der Waals surface area contributed by atoms with Crippen molar-refractivity contribution in [3.63, 3.8) is 0 Å². The van der Waals surface area contributed by atoms with E-state index in [1.807, 2.05) is 4.90 Å². The summed E-state index contributed by atoms with van der Waals surface area (Å²) in [4.78, 5) is 24.9. The molecule has 6 heteroatoms. The predicted molar refractivity (Wildman–Crippen MR) is 70.3 cm³/mol. The molecule has 0 spiro atoms. The lowest BCUT2D eigenvalue weighted by Gasteiger charge is -2.30. The van der Waals surface area contributed by atoms with Gasteiger partial charge in [0.15, 0.2) is 5.78 Å². The Hall–Kier alpha value is -2.24. The molecule has 1 aliphatic rings. The van der Waals surface area contributed by atoms with Crippen molar-refractivity contribution in [1.82, 2.24) is 0 Å². The Balaban J connectivity index is 2.26. The van der Waals surface area contributed by atoms with Crippen LogP contribution in [0.25, 0.3) is 0 Å². The highest BCUT2D eigenvalue weighted by Crippen LogP contribution is 2.34. The number of phenolic OH excluding ortho intramolecular Hbond substituents is 1. The molecule has 0 aromatic heterocycles. The summed E-state index contributed by atoms with van der Waals surface area (Å²) < 4.78 is 4.59. The number of nitrogens with zero attached hydrogens (tertiary/aromatic N) is 1. The van der Waals surface area contributed by atoms with Gasteiger partial charge in [0.1, 0.15) is 5.75 Å². The van der Waals surface area contributed by atoms with Gasteiger partial charge in [0.2, 0.25) is 0 Å². The molecule has 1 aromatic carbocycles. The fourth-order valence-corrected chi connectivity index (χ4v) is 2.13. The largest absolute Gasteiger partial charge is 0.506 e. The molecule has 1 aromatic rings. The third-order valence-corrected chi connectivity index (χ3v) is 3.21. The minimum Gasteiger partial charge on any atom is -0.506 e. The summed E-state index contributed by atoms with van der Waals surface area (Å²) in [5.41, 5.74) is 6.89. The molecule has 1 heterocycles. The van der Waals surface area contributed by atoms with E-state index in [1.54, 1.807) is 0 Å². The van der Waals surface area contributed by atoms with Crippen molar-refractivity contribution in [3.05, 3.63) is 17.7 Å². The van der Waals surface area contributed by atoms with E-state index in [2.05, 4.69) is 4.74 Å². The zero-order valence-electron chi connectivity index (χ0n) is 10.7. The van der Waals surface area contributed by atoms with E-state index in [0.29, 0.717) is 30.8 Å². The summed E-state index contributed by atoms with van der Waals surface area (Å²) in [5.74, 6) is -0.370. The van der Waals surface area contributed by atoms with Crippen molar-refractivity contribution in [2.45, 2.75) is 12.8 Å². The van der Waals surface area contributed by atoms with Gasteiger partial charge in [0.25, 0.3) is 0 Å². The molecule has 102 valence electrons. The number of carbonyl (C=O) groups is 2. The molecular weight excluding hydrogens is 248 g/mol. The maximum atomic E-state index is 11.8. The number of esters is 1. The molecule has 19 heavy (non-hydrogen) atoms. The van der Waals surface area contributed by atoms with Crippen LogP contribution in [0, 0.1) is 0 Å². The summed E-state index contributed by atoms with van der Waals surface area (Å²) in [7, 11) is 1.34. The molecule has 0 saturated heterocycles. The number of benzene rings is 1. The highest BCUT2D eigenvalue weighted by Gasteiger charge is 2.24. The number of hydrogen-bond donors (Lipinski definition) is 2. The highest BCUT2D eigenvalue weighted by molar-refractivity contribution is 6.04. The van der Waals surface area contributed by atoms with Crippen LogP contribution >= 0.6 is 0 Å². The Kier molecular flexibility index (Phi) is 3.59. The van der Waals surface area contributed by atoms with Crippen molar-refractivity contribution < 1.29 is 19.4 Å². The third-order valence-electron chi connectivity index (χ3n) is 3.21. The molecule has 0 bridgehead atoms. The van der Waals surface area contributed by atoms with Crippen LogP contribution in [0.1, 0.15) is 23.2 Å². The Morgan fingerprint density at radius 2 is 2.26 bits per heavy atom. The average molecular weight is 264 g/mol. The monoisotopic (exact) mass is 264 g/mol. The number of methoxy groups -OCH3 is 1. The molecule has 1 aliphatic heterocycles. The molecule has 2 rings (SSSR count). The number of hydrogen-bond acceptors (Lipinski definition) is 6. The quantitative estimate of drug-likeness (QED) is 0.479. The van der Waals surface area contributed by atoms with E-state index < -0.39 is 0 Å². The van der Waals surface area contributed by atoms with Crippen LogP contribution in [-0.2, 0) is 9.53 Å². The Bertz CT molecular complexity index is 528. The number of carbonyl (C=O) groups excluding carboxylic acids is 2. The van der Waals surface area contributed by atoms with Crippen molar-refractivity contribution >= 4 is 23.1 Å². The normalized spacial score (nSPS) is 14.2. The minimum atomic E-state index is -0.307. The van der Waals surface area contributed by atoms with Crippen LogP contribution in [0.5, 0.6) is 5.75 Å². The van der Waals surface area contributed by atoms with E-state index in [-0.39, 0.29) is 29.6 Å². The van der Waals surface area contributed by atoms with Crippen molar-refractivity contribution in [1.29, 1.82) is 0 Å². The molecule has 0 amide bonds. The topological polar surface area (TPSA) is 92.9 Å². The molecular formula is C13H16N2O4. The van der Waals surface area contributed by atoms with Gasteiger partial charge < -0.3 is 20.5 Å². The lowest BCUT2D eigenvalue weighted by molar-refractivity contribution is -0.140. The minimum absolute atomic E-state index is 0.00369. The fraction of sp³-hybridized carbons (Fsp3) is 0.385. The molecule has 0 atom stereocenters. The average Bonchev–Trinajstić information content (AvgIpc) is 2.40. The maximum Gasteiger partial charge on any atom is 0.307 e. The highest BCUT2D eigenvalue weighted by atomic mass is 16.5. The standard InChI is InChI=1S/C13H16N2O4/c1-19-13(18)3-5-15-4-2-11(16)8-6-9(14)12(17)7-10(8)15/h6-7,17H,2-5,14H2,1H3. The third kappa shape index (κ3) is 2.62. The van der Waals surface area contributed by atoms with E-state index in [4.69, 9.17) is 5.73 Å². The van der Waals surface area contributed by atoms with Crippen molar-refractivity contribution in [2.24, 2.45) is 0 Å². The van der Waals surface area contributed by atoms with E-state index >= 15 is 0 Å². The summed E-state index contributed by atoms with van der Waals surface area (Å²) in [5, 5.41) is 9.65. The van der Waals surface area contributed by atoms with Crippen LogP contribution in [-0.4, -0.2) is 37.1 Å². The smallest absolute Gasteiger partial charge is 0.307 e. The van der Waals surface area contributed by atoms with Crippen LogP contribution in [0.4, 0.5) is 11.4 Å². The number of nitrogen functional groups attached to an aromatic ring is 1. The van der Waals surface area contributed by atoms with Crippen LogP contribution < -0.4 is 10.6 Å². The van der Waals surface area contributed by atoms with Gasteiger partial charge in [-0.2, -0.15) is 0 Å². The van der Waals surface area contributed by atoms with Gasteiger partial charge in [-0.25, -0.2) is 0 Å². The molecule has 0 aliphatic carbocycles. The molecule has 6 nitrogen and oxygen atoms in total. The van der Waals surface area contributed by atoms with Crippen molar-refractivity contribution in [2.75, 3.05) is 30.8 Å². The summed E-state index contributed by atoms with van der Waals surface area (Å²) >= 11 is 0. The van der Waals surface area contributed by atoms with Gasteiger partial charge in [-0.05, 0) is 6.07 Å². The second-order valence-corrected chi connectivity index (χ2v) is 4.41. The SMILES string of the molecule is COC(=O)CCN1CCC(=O)c2cc(N)c(O)cc21. The number of fused-ring (bicyclic) bond motifs is 1. The van der Waals surface area contributed by atoms with E-state index in [9.17, 15) is 14.7 Å². The number of ketones is 1. The number of phenols is 1. The Labute approximate surface area is 110 Å². The second kappa shape index (κ2) is 5.17. The van der Waals surface area contributed by atoms with E-state index in [1.165, 1.54) is 19.2 Å². The molecule has 3 N–H and O–H groups in total. The first kappa shape index (κ1) is 13.2. The summed E-state index contributed by atoms with van der Waals surface area (Å²) in [6.07, 6.45) is 0.605. The zero-order chi connectivity index (χ0) is 14.0. The van der Waals surface area contributed by atoms with Gasteiger partial charge in [-0.1, -0.05) is 0 Å². The summed E-state index contributed by atoms with van der Waals surface area (Å²) in [6, 6.07) is 2.95. The predicted octanol–water partition coefficient (Wildman–Crippen LogP) is 0.930. The number of ether oxygens (including phenoxy) is 1. The first-order valence-electron chi connectivity index (χ1n) is 6.00. The number of aromatic hydroxyl groups is 1. The Morgan fingerprint density at radius 1 is 1.53 bits per heavy atom. The Morgan fingerprint density at radius 3 is 2.95 bits per heavy atom. The van der Waals surface area contributed by atoms with Crippen LogP contribution in [0.15, 0.2) is 12.1 Å². The van der Waals surface area contributed by atoms with Crippen LogP contribution in [0.3, 0.4) is 0 Å². The first-order chi connectivity index (χ1) is 9.02. The number of rotatable bonds is 3. The number of anilines is 2. The summed E-state index contributed by atoms with van der Waals surface area (Å²) in [6.45, 7) is 0.961. The zero-order valence-corrected chi connectivity index (χ0v) is 10.7. The first-order valence-corrected chi connectivity index (χ1v) is 6.00.